The summed E-state index contributed by atoms with van der Waals surface area (Å²) in [6, 6.07) is 3.22. The number of nitrogen functional groups attached to an aromatic ring is 1. The van der Waals surface area contributed by atoms with Crippen LogP contribution in [-0.4, -0.2) is 25.3 Å². The van der Waals surface area contributed by atoms with E-state index in [1.165, 1.54) is 12.1 Å². The van der Waals surface area contributed by atoms with Gasteiger partial charge in [0.25, 0.3) is 0 Å². The highest BCUT2D eigenvalue weighted by atomic mass is 35.5. The van der Waals surface area contributed by atoms with Crippen molar-refractivity contribution >= 4 is 27.3 Å². The number of rotatable bonds is 2. The number of hydrogen-bond donors (Lipinski definition) is 1. The fraction of sp³-hybridized carbons (Fsp3) is 0.600. The minimum atomic E-state index is -3.51. The summed E-state index contributed by atoms with van der Waals surface area (Å²) in [6.45, 7) is 2.40. The van der Waals surface area contributed by atoms with Crippen LogP contribution in [0.1, 0.15) is 37.7 Å². The van der Waals surface area contributed by atoms with Gasteiger partial charge in [0.2, 0.25) is 10.0 Å². The molecule has 2 N–H and O–H groups in total. The maximum atomic E-state index is 13.0. The molecule has 0 amide bonds. The molecule has 1 aliphatic heterocycles. The zero-order valence-electron chi connectivity index (χ0n) is 12.2. The van der Waals surface area contributed by atoms with Gasteiger partial charge in [-0.2, -0.15) is 4.31 Å². The van der Waals surface area contributed by atoms with E-state index in [2.05, 4.69) is 0 Å². The SMILES string of the molecule is Cc1c(N)cc(S(=O)(=O)N2CCCC3CCCC32)cc1Cl. The second kappa shape index (κ2) is 5.45. The van der Waals surface area contributed by atoms with Crippen LogP contribution in [0.15, 0.2) is 17.0 Å². The van der Waals surface area contributed by atoms with Crippen molar-refractivity contribution in [2.24, 2.45) is 5.92 Å². The predicted octanol–water partition coefficient (Wildman–Crippen LogP) is 3.18. The Morgan fingerprint density at radius 2 is 1.95 bits per heavy atom. The maximum Gasteiger partial charge on any atom is 0.243 e. The van der Waals surface area contributed by atoms with E-state index in [0.29, 0.717) is 23.2 Å². The third-order valence-corrected chi connectivity index (χ3v) is 7.20. The summed E-state index contributed by atoms with van der Waals surface area (Å²) in [5.74, 6) is 0.520. The molecule has 2 atom stereocenters. The van der Waals surface area contributed by atoms with Crippen molar-refractivity contribution in [3.63, 3.8) is 0 Å². The molecular formula is C15H21ClN2O2S. The van der Waals surface area contributed by atoms with Crippen LogP contribution < -0.4 is 5.73 Å². The Balaban J connectivity index is 2.00. The Kier molecular flexibility index (Phi) is 3.93. The first kappa shape index (κ1) is 15.1. The number of sulfonamides is 1. The minimum absolute atomic E-state index is 0.157. The third kappa shape index (κ3) is 2.56. The highest BCUT2D eigenvalue weighted by molar-refractivity contribution is 7.89. The number of hydrogen-bond acceptors (Lipinski definition) is 3. The molecule has 1 aliphatic carbocycles. The highest BCUT2D eigenvalue weighted by Crippen LogP contribution is 2.40. The summed E-state index contributed by atoms with van der Waals surface area (Å²) >= 11 is 6.11. The molecule has 2 fully saturated rings. The van der Waals surface area contributed by atoms with Crippen molar-refractivity contribution in [3.05, 3.63) is 22.7 Å². The molecule has 0 bridgehead atoms. The lowest BCUT2D eigenvalue weighted by atomic mass is 9.94. The summed E-state index contributed by atoms with van der Waals surface area (Å²) in [7, 11) is -3.51. The van der Waals surface area contributed by atoms with Crippen LogP contribution in [-0.2, 0) is 10.0 Å². The van der Waals surface area contributed by atoms with Crippen LogP contribution in [0.25, 0.3) is 0 Å². The first-order chi connectivity index (χ1) is 9.91. The van der Waals surface area contributed by atoms with Gasteiger partial charge in [0.05, 0.1) is 4.90 Å². The van der Waals surface area contributed by atoms with E-state index in [1.54, 1.807) is 11.2 Å². The molecule has 1 aromatic rings. The Bertz CT molecular complexity index is 637. The average molecular weight is 329 g/mol. The van der Waals surface area contributed by atoms with E-state index in [4.69, 9.17) is 17.3 Å². The zero-order valence-corrected chi connectivity index (χ0v) is 13.8. The summed E-state index contributed by atoms with van der Waals surface area (Å²) in [6.07, 6.45) is 5.33. The van der Waals surface area contributed by atoms with E-state index in [0.717, 1.165) is 37.7 Å². The van der Waals surface area contributed by atoms with E-state index >= 15 is 0 Å². The molecule has 0 radical (unpaired) electrons. The second-order valence-electron chi connectivity index (χ2n) is 6.14. The Morgan fingerprint density at radius 1 is 1.24 bits per heavy atom. The number of nitrogens with zero attached hydrogens (tertiary/aromatic N) is 1. The maximum absolute atomic E-state index is 13.0. The van der Waals surface area contributed by atoms with Gasteiger partial charge in [0.15, 0.2) is 0 Å². The van der Waals surface area contributed by atoms with Crippen LogP contribution in [0.4, 0.5) is 5.69 Å². The number of anilines is 1. The van der Waals surface area contributed by atoms with Crippen LogP contribution in [0, 0.1) is 12.8 Å². The molecule has 1 aromatic carbocycles. The quantitative estimate of drug-likeness (QED) is 0.848. The lowest BCUT2D eigenvalue weighted by Crippen LogP contribution is -2.46. The summed E-state index contributed by atoms with van der Waals surface area (Å²) in [5.41, 5.74) is 7.05. The number of nitrogens with two attached hydrogens (primary N) is 1. The van der Waals surface area contributed by atoms with Gasteiger partial charge in [0.1, 0.15) is 0 Å². The van der Waals surface area contributed by atoms with Crippen molar-refractivity contribution in [1.29, 1.82) is 0 Å². The largest absolute Gasteiger partial charge is 0.398 e. The van der Waals surface area contributed by atoms with Gasteiger partial charge < -0.3 is 5.73 Å². The molecule has 1 saturated carbocycles. The van der Waals surface area contributed by atoms with Crippen molar-refractivity contribution in [2.45, 2.75) is 50.0 Å². The van der Waals surface area contributed by atoms with E-state index in [1.807, 2.05) is 0 Å². The molecular weight excluding hydrogens is 308 g/mol. The average Bonchev–Trinajstić information content (AvgIpc) is 2.92. The lowest BCUT2D eigenvalue weighted by Gasteiger charge is -2.36. The molecule has 0 spiro atoms. The topological polar surface area (TPSA) is 63.4 Å². The number of benzene rings is 1. The van der Waals surface area contributed by atoms with Crippen LogP contribution in [0.2, 0.25) is 5.02 Å². The molecule has 116 valence electrons. The zero-order chi connectivity index (χ0) is 15.2. The first-order valence-corrected chi connectivity index (χ1v) is 9.30. The van der Waals surface area contributed by atoms with Gasteiger partial charge in [-0.05, 0) is 56.2 Å². The molecule has 1 saturated heterocycles. The van der Waals surface area contributed by atoms with Crippen LogP contribution >= 0.6 is 11.6 Å². The lowest BCUT2D eigenvalue weighted by molar-refractivity contribution is 0.202. The molecule has 2 unspecified atom stereocenters. The molecule has 0 aromatic heterocycles. The standard InChI is InChI=1S/C15H21ClN2O2S/c1-10-13(16)8-12(9-14(10)17)21(19,20)18-7-3-5-11-4-2-6-15(11)18/h8-9,11,15H,2-7,17H2,1H3. The van der Waals surface area contributed by atoms with Gasteiger partial charge in [-0.1, -0.05) is 18.0 Å². The molecule has 1 heterocycles. The molecule has 2 aliphatic rings. The third-order valence-electron chi connectivity index (χ3n) is 4.91. The van der Waals surface area contributed by atoms with E-state index < -0.39 is 10.0 Å². The van der Waals surface area contributed by atoms with E-state index in [9.17, 15) is 8.42 Å². The first-order valence-electron chi connectivity index (χ1n) is 7.48. The van der Waals surface area contributed by atoms with E-state index in [-0.39, 0.29) is 10.9 Å². The minimum Gasteiger partial charge on any atom is -0.398 e. The van der Waals surface area contributed by atoms with Gasteiger partial charge in [-0.15, -0.1) is 0 Å². The fourth-order valence-electron chi connectivity index (χ4n) is 3.67. The smallest absolute Gasteiger partial charge is 0.243 e. The van der Waals surface area contributed by atoms with Crippen LogP contribution in [0.5, 0.6) is 0 Å². The molecule has 4 nitrogen and oxygen atoms in total. The summed E-state index contributed by atoms with van der Waals surface area (Å²) in [4.78, 5) is 0.225. The number of piperidine rings is 1. The number of fused-ring (bicyclic) bond motifs is 1. The second-order valence-corrected chi connectivity index (χ2v) is 8.43. The molecule has 3 rings (SSSR count). The predicted molar refractivity (Wildman–Crippen MR) is 84.9 cm³/mol. The molecule has 21 heavy (non-hydrogen) atoms. The van der Waals surface area contributed by atoms with Gasteiger partial charge in [-0.25, -0.2) is 8.42 Å². The van der Waals surface area contributed by atoms with Crippen molar-refractivity contribution in [3.8, 4) is 0 Å². The number of halogens is 1. The van der Waals surface area contributed by atoms with Crippen LogP contribution in [0.3, 0.4) is 0 Å². The van der Waals surface area contributed by atoms with Gasteiger partial charge in [-0.3, -0.25) is 0 Å². The highest BCUT2D eigenvalue weighted by Gasteiger charge is 2.41. The fourth-order valence-corrected chi connectivity index (χ4v) is 5.77. The monoisotopic (exact) mass is 328 g/mol. The Hall–Kier alpha value is -0.780. The Labute approximate surface area is 131 Å². The summed E-state index contributed by atoms with van der Waals surface area (Å²) in [5, 5.41) is 0.411. The van der Waals surface area contributed by atoms with Crippen molar-refractivity contribution in [1.82, 2.24) is 4.31 Å². The molecule has 6 heteroatoms. The van der Waals surface area contributed by atoms with Gasteiger partial charge >= 0.3 is 0 Å². The van der Waals surface area contributed by atoms with Crippen molar-refractivity contribution < 1.29 is 8.42 Å². The summed E-state index contributed by atoms with van der Waals surface area (Å²) < 4.78 is 27.6. The van der Waals surface area contributed by atoms with Crippen molar-refractivity contribution in [2.75, 3.05) is 12.3 Å². The normalized spacial score (nSPS) is 26.8. The van der Waals surface area contributed by atoms with Gasteiger partial charge in [0, 0.05) is 23.3 Å². The Morgan fingerprint density at radius 3 is 2.67 bits per heavy atom.